The maximum atomic E-state index is 11.2. The Morgan fingerprint density at radius 3 is 2.43 bits per heavy atom. The van der Waals surface area contributed by atoms with Gasteiger partial charge in [-0.2, -0.15) is 0 Å². The fourth-order valence-electron chi connectivity index (χ4n) is 0.892. The topological polar surface area (TPSA) is 86.3 Å². The fourth-order valence-corrected chi connectivity index (χ4v) is 0.892. The van der Waals surface area contributed by atoms with Crippen LogP contribution in [0.1, 0.15) is 17.3 Å². The van der Waals surface area contributed by atoms with Crippen molar-refractivity contribution in [2.45, 2.75) is 6.92 Å². The molecule has 0 heterocycles. The summed E-state index contributed by atoms with van der Waals surface area (Å²) in [5.74, 6) is -0.365. The van der Waals surface area contributed by atoms with Gasteiger partial charge >= 0.3 is 72.2 Å². The molecule has 0 unspecified atom stereocenters. The minimum absolute atomic E-state index is 0. The van der Waals surface area contributed by atoms with Gasteiger partial charge in [-0.15, -0.1) is 0 Å². The van der Waals surface area contributed by atoms with E-state index in [9.17, 15) is 4.79 Å². The van der Waals surface area contributed by atoms with E-state index in [0.29, 0.717) is 17.6 Å². The molecule has 0 spiro atoms. The Hall–Kier alpha value is -1.33. The molecule has 1 aromatic carbocycles. The molecule has 0 aliphatic heterocycles. The van der Waals surface area contributed by atoms with Crippen LogP contribution in [0.4, 0.5) is 0 Å². The Morgan fingerprint density at radius 2 is 1.93 bits per heavy atom. The third kappa shape index (κ3) is 3.59. The molecule has 0 saturated carbocycles. The van der Waals surface area contributed by atoms with E-state index in [1.165, 1.54) is 0 Å². The van der Waals surface area contributed by atoms with Crippen molar-refractivity contribution in [3.8, 4) is 0 Å². The molecule has 0 radical (unpaired) electrons. The van der Waals surface area contributed by atoms with Gasteiger partial charge in [-0.05, 0) is 0 Å². The Bertz CT molecular complexity index is 288. The summed E-state index contributed by atoms with van der Waals surface area (Å²) in [7, 11) is 5.55. The first-order valence-corrected chi connectivity index (χ1v) is 3.77. The SMILES string of the molecule is [B+2]c1ccccc1C(=O)OCC.[OH-].[OH-]. The summed E-state index contributed by atoms with van der Waals surface area (Å²) in [6.07, 6.45) is 0. The molecule has 0 aromatic heterocycles. The van der Waals surface area contributed by atoms with Crippen molar-refractivity contribution in [1.29, 1.82) is 0 Å². The maximum Gasteiger partial charge on any atom is -0.870 e. The first-order chi connectivity index (χ1) is 5.75. The average Bonchev–Trinajstić information content (AvgIpc) is 2.05. The van der Waals surface area contributed by atoms with Crippen LogP contribution in [-0.4, -0.2) is 31.4 Å². The largest absolute Gasteiger partial charge is 0.870 e. The van der Waals surface area contributed by atoms with Gasteiger partial charge in [0, 0.05) is 0 Å². The van der Waals surface area contributed by atoms with E-state index in [2.05, 4.69) is 0 Å². The summed E-state index contributed by atoms with van der Waals surface area (Å²) >= 11 is 0. The van der Waals surface area contributed by atoms with Gasteiger partial charge in [0.2, 0.25) is 0 Å². The van der Waals surface area contributed by atoms with Crippen LogP contribution in [0, 0.1) is 0 Å². The molecule has 0 aliphatic rings. The molecule has 74 valence electrons. The molecule has 0 saturated heterocycles. The Labute approximate surface area is 83.9 Å². The van der Waals surface area contributed by atoms with E-state index >= 15 is 0 Å². The summed E-state index contributed by atoms with van der Waals surface area (Å²) in [5.41, 5.74) is 0.885. The van der Waals surface area contributed by atoms with E-state index in [1.54, 1.807) is 31.2 Å². The summed E-state index contributed by atoms with van der Waals surface area (Å²) in [5, 5.41) is 0. The van der Waals surface area contributed by atoms with Crippen molar-refractivity contribution in [2.75, 3.05) is 6.61 Å². The van der Waals surface area contributed by atoms with Gasteiger partial charge in [-0.25, -0.2) is 0 Å². The summed E-state index contributed by atoms with van der Waals surface area (Å²) in [6.45, 7) is 2.13. The Kier molecular flexibility index (Phi) is 7.70. The molecule has 1 rings (SSSR count). The second kappa shape index (κ2) is 7.11. The first kappa shape index (κ1) is 15.2. The summed E-state index contributed by atoms with van der Waals surface area (Å²) in [6, 6.07) is 6.85. The molecule has 0 atom stereocenters. The van der Waals surface area contributed by atoms with Gasteiger partial charge in [0.05, 0.1) is 0 Å². The molecule has 1 aromatic rings. The second-order valence-electron chi connectivity index (χ2n) is 2.31. The van der Waals surface area contributed by atoms with E-state index < -0.39 is 0 Å². The van der Waals surface area contributed by atoms with Crippen molar-refractivity contribution in [3.63, 3.8) is 0 Å². The quantitative estimate of drug-likeness (QED) is 0.500. The molecule has 14 heavy (non-hydrogen) atoms. The number of carbonyl (C=O) groups is 1. The van der Waals surface area contributed by atoms with Crippen molar-refractivity contribution in [1.82, 2.24) is 0 Å². The van der Waals surface area contributed by atoms with E-state index in [0.717, 1.165) is 0 Å². The van der Waals surface area contributed by atoms with Gasteiger partial charge in [-0.3, -0.25) is 0 Å². The van der Waals surface area contributed by atoms with Crippen LogP contribution in [0.15, 0.2) is 24.3 Å². The second-order valence-corrected chi connectivity index (χ2v) is 2.31. The average molecular weight is 194 g/mol. The van der Waals surface area contributed by atoms with Crippen LogP contribution in [0.2, 0.25) is 0 Å². The number of hydrogen-bond donors (Lipinski definition) is 0. The smallest absolute Gasteiger partial charge is 0.870 e. The van der Waals surface area contributed by atoms with Gasteiger partial charge in [0.25, 0.3) is 0 Å². The van der Waals surface area contributed by atoms with Crippen LogP contribution in [0.5, 0.6) is 0 Å². The number of esters is 1. The van der Waals surface area contributed by atoms with E-state index in [1.807, 2.05) is 0 Å². The summed E-state index contributed by atoms with van der Waals surface area (Å²) < 4.78 is 4.79. The van der Waals surface area contributed by atoms with Crippen LogP contribution in [-0.2, 0) is 4.74 Å². The monoisotopic (exact) mass is 194 g/mol. The molecular weight excluding hydrogens is 183 g/mol. The summed E-state index contributed by atoms with van der Waals surface area (Å²) in [4.78, 5) is 11.2. The number of ether oxygens (including phenoxy) is 1. The first-order valence-electron chi connectivity index (χ1n) is 3.77. The number of rotatable bonds is 2. The molecule has 0 bridgehead atoms. The Morgan fingerprint density at radius 1 is 1.36 bits per heavy atom. The van der Waals surface area contributed by atoms with Gasteiger partial charge in [0.15, 0.2) is 0 Å². The zero-order chi connectivity index (χ0) is 8.97. The predicted octanol–water partition coefficient (Wildman–Crippen LogP) is 0.303. The predicted molar refractivity (Wildman–Crippen MR) is 51.7 cm³/mol. The zero-order valence-corrected chi connectivity index (χ0v) is 7.80. The molecule has 0 aliphatic carbocycles. The normalized spacial score (nSPS) is 8.21. The number of hydrogen-bond acceptors (Lipinski definition) is 4. The van der Waals surface area contributed by atoms with E-state index in [4.69, 9.17) is 12.6 Å². The fraction of sp³-hybridized carbons (Fsp3) is 0.222. The molecule has 5 heteroatoms. The van der Waals surface area contributed by atoms with Crippen LogP contribution in [0.3, 0.4) is 0 Å². The Balaban J connectivity index is 0. The van der Waals surface area contributed by atoms with E-state index in [-0.39, 0.29) is 16.9 Å². The molecule has 0 amide bonds. The standard InChI is InChI=1S/C9H9BO2.2H2O/c1-2-12-9(11)7-5-3-4-6-8(7)10;;/h3-6H,2H2,1H3;2*1H2/q+2;;/p-2. The van der Waals surface area contributed by atoms with Crippen molar-refractivity contribution >= 4 is 19.3 Å². The minimum Gasteiger partial charge on any atom is -0.870 e. The van der Waals surface area contributed by atoms with Crippen molar-refractivity contribution < 1.29 is 20.5 Å². The van der Waals surface area contributed by atoms with Gasteiger partial charge < -0.3 is 11.0 Å². The number of benzene rings is 1. The van der Waals surface area contributed by atoms with Gasteiger partial charge in [0.1, 0.15) is 0 Å². The molecule has 2 N–H and O–H groups in total. The third-order valence-electron chi connectivity index (χ3n) is 1.46. The molecular formula is C9H11BO4. The van der Waals surface area contributed by atoms with Crippen molar-refractivity contribution in [2.24, 2.45) is 0 Å². The van der Waals surface area contributed by atoms with Crippen molar-refractivity contribution in [3.05, 3.63) is 29.8 Å². The van der Waals surface area contributed by atoms with Crippen LogP contribution >= 0.6 is 0 Å². The minimum atomic E-state index is -0.365. The maximum absolute atomic E-state index is 11.2. The molecule has 0 fully saturated rings. The van der Waals surface area contributed by atoms with Gasteiger partial charge in [-0.1, -0.05) is 0 Å². The third-order valence-corrected chi connectivity index (χ3v) is 1.46. The van der Waals surface area contributed by atoms with Crippen LogP contribution in [0.25, 0.3) is 0 Å². The van der Waals surface area contributed by atoms with Crippen LogP contribution < -0.4 is 5.46 Å². The number of carbonyl (C=O) groups excluding carboxylic acids is 1. The zero-order valence-electron chi connectivity index (χ0n) is 7.80. The molecule has 4 nitrogen and oxygen atoms in total.